The number of nitrogens with one attached hydrogen (secondary N) is 2. The highest BCUT2D eigenvalue weighted by Crippen LogP contribution is 2.22. The minimum Gasteiger partial charge on any atom is -0.377 e. The van der Waals surface area contributed by atoms with Gasteiger partial charge in [0.15, 0.2) is 0 Å². The van der Waals surface area contributed by atoms with Crippen LogP contribution in [0.15, 0.2) is 18.3 Å². The van der Waals surface area contributed by atoms with Crippen molar-refractivity contribution in [2.75, 3.05) is 36.5 Å². The Labute approximate surface area is 125 Å². The molecular formula is C15H24N4O2. The molecule has 0 bridgehead atoms. The van der Waals surface area contributed by atoms with E-state index in [4.69, 9.17) is 4.74 Å². The van der Waals surface area contributed by atoms with E-state index >= 15 is 0 Å². The monoisotopic (exact) mass is 292 g/mol. The van der Waals surface area contributed by atoms with E-state index in [0.29, 0.717) is 19.8 Å². The average molecular weight is 292 g/mol. The van der Waals surface area contributed by atoms with E-state index in [9.17, 15) is 4.79 Å². The van der Waals surface area contributed by atoms with Crippen LogP contribution < -0.4 is 15.5 Å². The van der Waals surface area contributed by atoms with Gasteiger partial charge in [-0.3, -0.25) is 4.79 Å². The molecule has 21 heavy (non-hydrogen) atoms. The van der Waals surface area contributed by atoms with Crippen LogP contribution in [0.2, 0.25) is 0 Å². The fourth-order valence-corrected chi connectivity index (χ4v) is 2.39. The van der Waals surface area contributed by atoms with Gasteiger partial charge in [-0.25, -0.2) is 4.98 Å². The van der Waals surface area contributed by atoms with Gasteiger partial charge in [-0.15, -0.1) is 0 Å². The maximum Gasteiger partial charge on any atom is 0.245 e. The van der Waals surface area contributed by atoms with Gasteiger partial charge in [-0.05, 0) is 26.8 Å². The minimum absolute atomic E-state index is 0.00603. The molecule has 0 radical (unpaired) electrons. The molecule has 0 aromatic carbocycles. The molecule has 6 nitrogen and oxygen atoms in total. The fraction of sp³-hybridized carbons (Fsp3) is 0.600. The number of aromatic nitrogens is 1. The smallest absolute Gasteiger partial charge is 0.245 e. The van der Waals surface area contributed by atoms with Crippen molar-refractivity contribution >= 4 is 17.4 Å². The van der Waals surface area contributed by atoms with Gasteiger partial charge in [0.25, 0.3) is 0 Å². The molecular weight excluding hydrogens is 268 g/mol. The number of morpholine rings is 1. The van der Waals surface area contributed by atoms with Crippen molar-refractivity contribution in [3.05, 3.63) is 18.3 Å². The number of rotatable bonds is 5. The zero-order valence-electron chi connectivity index (χ0n) is 12.9. The van der Waals surface area contributed by atoms with Gasteiger partial charge in [-0.2, -0.15) is 0 Å². The number of hydrogen-bond acceptors (Lipinski definition) is 5. The van der Waals surface area contributed by atoms with E-state index in [1.54, 1.807) is 6.20 Å². The summed E-state index contributed by atoms with van der Waals surface area (Å²) in [7, 11) is 0. The fourth-order valence-electron chi connectivity index (χ4n) is 2.39. The van der Waals surface area contributed by atoms with Gasteiger partial charge in [0, 0.05) is 37.1 Å². The zero-order chi connectivity index (χ0) is 15.2. The lowest BCUT2D eigenvalue weighted by atomic mass is 10.1. The number of carbonyl (C=O) groups is 1. The van der Waals surface area contributed by atoms with Crippen molar-refractivity contribution in [3.63, 3.8) is 0 Å². The van der Waals surface area contributed by atoms with Gasteiger partial charge in [0.1, 0.15) is 11.9 Å². The molecule has 2 rings (SSSR count). The number of amides is 1. The Morgan fingerprint density at radius 1 is 1.57 bits per heavy atom. The van der Waals surface area contributed by atoms with E-state index < -0.39 is 0 Å². The Bertz CT molecular complexity index is 478. The summed E-state index contributed by atoms with van der Waals surface area (Å²) in [5.74, 6) is 0.830. The topological polar surface area (TPSA) is 66.5 Å². The summed E-state index contributed by atoms with van der Waals surface area (Å²) in [5.41, 5.74) is 0.994. The van der Waals surface area contributed by atoms with Crippen molar-refractivity contribution in [2.45, 2.75) is 32.9 Å². The van der Waals surface area contributed by atoms with E-state index in [1.165, 1.54) is 0 Å². The number of anilines is 2. The van der Waals surface area contributed by atoms with Crippen LogP contribution in [-0.4, -0.2) is 49.3 Å². The molecule has 2 heterocycles. The van der Waals surface area contributed by atoms with Crippen molar-refractivity contribution in [2.24, 2.45) is 0 Å². The molecule has 1 atom stereocenters. The van der Waals surface area contributed by atoms with Crippen LogP contribution in [-0.2, 0) is 9.53 Å². The third kappa shape index (κ3) is 4.07. The van der Waals surface area contributed by atoms with Crippen LogP contribution in [0.25, 0.3) is 0 Å². The first-order chi connectivity index (χ1) is 10.1. The lowest BCUT2D eigenvalue weighted by Gasteiger charge is -2.36. The van der Waals surface area contributed by atoms with E-state index in [-0.39, 0.29) is 18.0 Å². The Morgan fingerprint density at radius 2 is 2.38 bits per heavy atom. The molecule has 0 spiro atoms. The number of nitrogens with zero attached hydrogens (tertiary/aromatic N) is 2. The summed E-state index contributed by atoms with van der Waals surface area (Å²) < 4.78 is 5.48. The van der Waals surface area contributed by atoms with Crippen LogP contribution in [0.1, 0.15) is 20.8 Å². The standard InChI is InChI=1S/C15H24N4O2/c1-4-16-14-9-12(5-6-17-14)19-7-8-21-10-13(19)15(20)18-11(2)3/h5-6,9,11,13H,4,7-8,10H2,1-3H3,(H,16,17)(H,18,20). The van der Waals surface area contributed by atoms with Crippen LogP contribution in [0.3, 0.4) is 0 Å². The third-order valence-corrected chi connectivity index (χ3v) is 3.30. The Hall–Kier alpha value is -1.82. The van der Waals surface area contributed by atoms with E-state index in [2.05, 4.69) is 20.5 Å². The summed E-state index contributed by atoms with van der Waals surface area (Å²) in [6.07, 6.45) is 1.76. The molecule has 1 aliphatic heterocycles. The first-order valence-electron chi connectivity index (χ1n) is 7.46. The Kier molecular flexibility index (Phi) is 5.38. The van der Waals surface area contributed by atoms with Crippen LogP contribution >= 0.6 is 0 Å². The maximum absolute atomic E-state index is 12.3. The SMILES string of the molecule is CCNc1cc(N2CCOCC2C(=O)NC(C)C)ccn1. The highest BCUT2D eigenvalue weighted by Gasteiger charge is 2.30. The maximum atomic E-state index is 12.3. The van der Waals surface area contributed by atoms with Gasteiger partial charge in [-0.1, -0.05) is 0 Å². The predicted molar refractivity (Wildman–Crippen MR) is 83.6 cm³/mol. The molecule has 1 aromatic heterocycles. The van der Waals surface area contributed by atoms with Gasteiger partial charge >= 0.3 is 0 Å². The third-order valence-electron chi connectivity index (χ3n) is 3.30. The van der Waals surface area contributed by atoms with Crippen LogP contribution in [0.4, 0.5) is 11.5 Å². The van der Waals surface area contributed by atoms with Crippen LogP contribution in [0.5, 0.6) is 0 Å². The van der Waals surface area contributed by atoms with Crippen molar-refractivity contribution < 1.29 is 9.53 Å². The Balaban J connectivity index is 2.18. The summed E-state index contributed by atoms with van der Waals surface area (Å²) in [4.78, 5) is 18.7. The number of ether oxygens (including phenoxy) is 1. The van der Waals surface area contributed by atoms with E-state index in [0.717, 1.165) is 18.1 Å². The number of carbonyl (C=O) groups excluding carboxylic acids is 1. The first kappa shape index (κ1) is 15.6. The molecule has 6 heteroatoms. The highest BCUT2D eigenvalue weighted by atomic mass is 16.5. The second-order valence-electron chi connectivity index (χ2n) is 5.38. The largest absolute Gasteiger partial charge is 0.377 e. The molecule has 116 valence electrons. The van der Waals surface area contributed by atoms with Gasteiger partial charge in [0.2, 0.25) is 5.91 Å². The van der Waals surface area contributed by atoms with Crippen molar-refractivity contribution in [1.82, 2.24) is 10.3 Å². The highest BCUT2D eigenvalue weighted by molar-refractivity contribution is 5.86. The second kappa shape index (κ2) is 7.26. The Morgan fingerprint density at radius 3 is 3.10 bits per heavy atom. The quantitative estimate of drug-likeness (QED) is 0.855. The predicted octanol–water partition coefficient (Wildman–Crippen LogP) is 1.24. The number of hydrogen-bond donors (Lipinski definition) is 2. The lowest BCUT2D eigenvalue weighted by molar-refractivity contribution is -0.125. The molecule has 1 aliphatic rings. The molecule has 1 aromatic rings. The van der Waals surface area contributed by atoms with Gasteiger partial charge < -0.3 is 20.3 Å². The molecule has 2 N–H and O–H groups in total. The zero-order valence-corrected chi connectivity index (χ0v) is 12.9. The van der Waals surface area contributed by atoms with Gasteiger partial charge in [0.05, 0.1) is 13.2 Å². The average Bonchev–Trinajstić information content (AvgIpc) is 2.47. The van der Waals surface area contributed by atoms with Crippen molar-refractivity contribution in [1.29, 1.82) is 0 Å². The molecule has 1 saturated heterocycles. The first-order valence-corrected chi connectivity index (χ1v) is 7.46. The molecule has 1 fully saturated rings. The van der Waals surface area contributed by atoms with Crippen LogP contribution in [0, 0.1) is 0 Å². The summed E-state index contributed by atoms with van der Waals surface area (Å²) in [6, 6.07) is 3.74. The minimum atomic E-state index is -0.293. The molecule has 0 saturated carbocycles. The normalized spacial score (nSPS) is 18.7. The lowest BCUT2D eigenvalue weighted by Crippen LogP contribution is -2.55. The number of pyridine rings is 1. The molecule has 1 amide bonds. The second-order valence-corrected chi connectivity index (χ2v) is 5.38. The molecule has 0 aliphatic carbocycles. The van der Waals surface area contributed by atoms with E-state index in [1.807, 2.05) is 32.9 Å². The van der Waals surface area contributed by atoms with Crippen molar-refractivity contribution in [3.8, 4) is 0 Å². The summed E-state index contributed by atoms with van der Waals surface area (Å²) in [5, 5.41) is 6.15. The summed E-state index contributed by atoms with van der Waals surface area (Å²) >= 11 is 0. The summed E-state index contributed by atoms with van der Waals surface area (Å²) in [6.45, 7) is 8.51. The molecule has 1 unspecified atom stereocenters.